The Hall–Kier alpha value is -7.91. The van der Waals surface area contributed by atoms with E-state index >= 15 is 0 Å². The van der Waals surface area contributed by atoms with E-state index in [1.54, 1.807) is 65.0 Å². The lowest BCUT2D eigenvalue weighted by Crippen LogP contribution is -2.62. The van der Waals surface area contributed by atoms with E-state index in [4.69, 9.17) is 28.7 Å². The van der Waals surface area contributed by atoms with Gasteiger partial charge in [0.1, 0.15) is 60.1 Å². The fraction of sp³-hybridized carbons (Fsp3) is 0.596. The second-order valence-electron chi connectivity index (χ2n) is 21.6. The number of carbonyl (C=O) groups excluding carboxylic acids is 10. The highest BCUT2D eigenvalue weighted by Gasteiger charge is 2.37. The Kier molecular flexibility index (Phi) is 32.7. The van der Waals surface area contributed by atoms with Gasteiger partial charge in [-0.3, -0.25) is 52.9 Å². The van der Waals surface area contributed by atoms with Crippen LogP contribution in [0.15, 0.2) is 59.6 Å². The Morgan fingerprint density at radius 1 is 0.476 bits per heavy atom. The largest absolute Gasteiger partial charge is 0.508 e. The molecule has 0 aromatic heterocycles. The first-order valence-electron chi connectivity index (χ1n) is 28.6. The lowest BCUT2D eigenvalue weighted by molar-refractivity contribution is -0.137. The van der Waals surface area contributed by atoms with E-state index in [1.807, 2.05) is 6.92 Å². The van der Waals surface area contributed by atoms with E-state index in [2.05, 4.69) is 52.8 Å². The van der Waals surface area contributed by atoms with Crippen LogP contribution in [0.3, 0.4) is 0 Å². The van der Waals surface area contributed by atoms with Crippen LogP contribution in [0.5, 0.6) is 5.75 Å². The van der Waals surface area contributed by atoms with Gasteiger partial charge in [-0.1, -0.05) is 90.4 Å². The predicted molar refractivity (Wildman–Crippen MR) is 316 cm³/mol. The van der Waals surface area contributed by atoms with Gasteiger partial charge in [0.15, 0.2) is 5.96 Å². The molecule has 10 atom stereocenters. The minimum Gasteiger partial charge on any atom is -0.508 e. The molecule has 27 heteroatoms. The van der Waals surface area contributed by atoms with E-state index in [0.29, 0.717) is 49.8 Å². The molecule has 0 unspecified atom stereocenters. The van der Waals surface area contributed by atoms with E-state index in [1.165, 1.54) is 31.2 Å². The van der Waals surface area contributed by atoms with Crippen molar-refractivity contribution in [3.63, 3.8) is 0 Å². The van der Waals surface area contributed by atoms with Crippen LogP contribution in [0, 0.1) is 17.8 Å². The summed E-state index contributed by atoms with van der Waals surface area (Å²) in [5.41, 5.74) is 29.2. The molecule has 10 amide bonds. The van der Waals surface area contributed by atoms with E-state index in [-0.39, 0.29) is 69.2 Å². The van der Waals surface area contributed by atoms with Gasteiger partial charge in [0.2, 0.25) is 59.1 Å². The number of amides is 10. The van der Waals surface area contributed by atoms with Crippen LogP contribution in [0.25, 0.3) is 0 Å². The number of aromatic hydroxyl groups is 1. The molecule has 0 fully saturated rings. The van der Waals surface area contributed by atoms with E-state index in [9.17, 15) is 58.2 Å². The van der Waals surface area contributed by atoms with Gasteiger partial charge in [-0.25, -0.2) is 0 Å². The Morgan fingerprint density at radius 3 is 1.31 bits per heavy atom. The molecule has 0 bridgehead atoms. The second-order valence-corrected chi connectivity index (χ2v) is 21.6. The minimum atomic E-state index is -1.73. The Labute approximate surface area is 492 Å². The zero-order chi connectivity index (χ0) is 63.1. The molecule has 2 aromatic carbocycles. The highest BCUT2D eigenvalue weighted by atomic mass is 16.3. The van der Waals surface area contributed by atoms with Crippen LogP contribution in [-0.4, -0.2) is 156 Å². The third-order valence-electron chi connectivity index (χ3n) is 13.9. The SMILES string of the molecule is CC[C@H](C)[C@H](NC(C)=O)C(=O)N[C@H](C(=O)N[C@H](C(=O)N[C@@H](Cc1ccccc1)C(=O)N[C@@H](CCCCN)C(=O)N[C@@H](CO)C(=O)N[C@@H](CCCN=C(N)N)C(=O)N[C@@H](Cc1ccc(O)cc1)C(=O)N[C@@H](CCCCN)C(N)=O)C(C)C)C(C)C. The van der Waals surface area contributed by atoms with Crippen molar-refractivity contribution >= 4 is 65.0 Å². The summed E-state index contributed by atoms with van der Waals surface area (Å²) >= 11 is 0. The summed E-state index contributed by atoms with van der Waals surface area (Å²) < 4.78 is 0. The quantitative estimate of drug-likeness (QED) is 0.0190. The van der Waals surface area contributed by atoms with Crippen molar-refractivity contribution in [1.82, 2.24) is 47.9 Å². The molecule has 2 rings (SSSR count). The molecular formula is C57H93N15O12. The lowest BCUT2D eigenvalue weighted by Gasteiger charge is -2.30. The van der Waals surface area contributed by atoms with E-state index < -0.39 is 132 Å². The highest BCUT2D eigenvalue weighted by molar-refractivity contribution is 5.98. The molecular weight excluding hydrogens is 1090 g/mol. The summed E-state index contributed by atoms with van der Waals surface area (Å²) in [4.78, 5) is 141. The maximum atomic E-state index is 14.5. The van der Waals surface area contributed by atoms with Crippen molar-refractivity contribution in [2.24, 2.45) is 51.4 Å². The van der Waals surface area contributed by atoms with Crippen molar-refractivity contribution < 1.29 is 58.2 Å². The fourth-order valence-corrected chi connectivity index (χ4v) is 8.74. The molecule has 27 nitrogen and oxygen atoms in total. The van der Waals surface area contributed by atoms with Crippen molar-refractivity contribution in [2.75, 3.05) is 26.2 Å². The first kappa shape index (κ1) is 72.2. The maximum Gasteiger partial charge on any atom is 0.245 e. The normalized spacial score (nSPS) is 14.7. The number of unbranched alkanes of at least 4 members (excludes halogenated alkanes) is 2. The molecule has 0 saturated heterocycles. The van der Waals surface area contributed by atoms with Crippen molar-refractivity contribution in [3.8, 4) is 5.75 Å². The smallest absolute Gasteiger partial charge is 0.245 e. The number of phenolic OH excluding ortho intramolecular Hbond substituents is 1. The fourth-order valence-electron chi connectivity index (χ4n) is 8.74. The number of aliphatic imine (C=N–C) groups is 1. The topological polar surface area (TPSA) is 462 Å². The van der Waals surface area contributed by atoms with Crippen molar-refractivity contribution in [3.05, 3.63) is 65.7 Å². The zero-order valence-corrected chi connectivity index (χ0v) is 49.5. The van der Waals surface area contributed by atoms with Crippen LogP contribution in [-0.2, 0) is 60.8 Å². The number of hydrogen-bond acceptors (Lipinski definition) is 15. The zero-order valence-electron chi connectivity index (χ0n) is 49.5. The first-order chi connectivity index (χ1) is 39.8. The number of carbonyl (C=O) groups is 10. The molecule has 0 radical (unpaired) electrons. The number of nitrogens with zero attached hydrogens (tertiary/aromatic N) is 1. The van der Waals surface area contributed by atoms with E-state index in [0.717, 1.165) is 0 Å². The van der Waals surface area contributed by atoms with Crippen LogP contribution in [0.2, 0.25) is 0 Å². The predicted octanol–water partition coefficient (Wildman–Crippen LogP) is -2.29. The molecule has 21 N–H and O–H groups in total. The number of nitrogens with two attached hydrogens (primary N) is 5. The Morgan fingerprint density at radius 2 is 0.869 bits per heavy atom. The summed E-state index contributed by atoms with van der Waals surface area (Å²) in [7, 11) is 0. The number of hydrogen-bond donors (Lipinski definition) is 16. The van der Waals surface area contributed by atoms with Crippen molar-refractivity contribution in [2.45, 2.75) is 173 Å². The molecule has 2 aromatic rings. The third kappa shape index (κ3) is 26.1. The summed E-state index contributed by atoms with van der Waals surface area (Å²) in [5, 5.41) is 44.3. The molecule has 84 heavy (non-hydrogen) atoms. The summed E-state index contributed by atoms with van der Waals surface area (Å²) in [6.45, 7) is 11.2. The number of guanidine groups is 1. The Balaban J connectivity index is 2.49. The first-order valence-corrected chi connectivity index (χ1v) is 28.6. The van der Waals surface area contributed by atoms with Gasteiger partial charge < -0.3 is 86.7 Å². The molecule has 0 aliphatic carbocycles. The summed E-state index contributed by atoms with van der Waals surface area (Å²) in [5.74, 6) is -9.42. The maximum absolute atomic E-state index is 14.5. The van der Waals surface area contributed by atoms with Gasteiger partial charge in [0.05, 0.1) is 6.61 Å². The van der Waals surface area contributed by atoms with Gasteiger partial charge in [-0.15, -0.1) is 0 Å². The van der Waals surface area contributed by atoms with Crippen LogP contribution in [0.4, 0.5) is 0 Å². The molecule has 0 saturated carbocycles. The molecule has 0 heterocycles. The number of rotatable bonds is 39. The molecule has 0 aliphatic rings. The molecule has 468 valence electrons. The monoisotopic (exact) mass is 1180 g/mol. The van der Waals surface area contributed by atoms with Gasteiger partial charge >= 0.3 is 0 Å². The Bertz CT molecular complexity index is 2480. The summed E-state index contributed by atoms with van der Waals surface area (Å²) in [6, 6.07) is 2.64. The molecule has 0 aliphatic heterocycles. The number of phenols is 1. The standard InChI is InChI=1S/C57H93N15O12/c1-8-34(6)47(64-35(7)74)56(84)72-46(33(4)5)55(83)71-45(32(2)3)54(82)69-43(29-36-17-10-9-11-18-36)52(80)66-40(20-13-15-27-59)50(78)70-44(31-73)53(81)67-41(21-16-28-63-57(61)62)49(77)68-42(30-37-22-24-38(75)25-23-37)51(79)65-39(48(60)76)19-12-14-26-58/h9-11,17-18,22-25,32-34,39-47,73,75H,8,12-16,19-21,26-31,58-59H2,1-7H3,(H2,60,76)(H,64,74)(H,65,79)(H,66,80)(H,67,81)(H,68,77)(H,69,82)(H,70,78)(H,71,83)(H,72,84)(H4,61,62,63)/t34-,39-,40-,41-,42-,43-,44-,45-,46-,47-/m0/s1. The number of nitrogens with one attached hydrogen (secondary N) is 9. The second kappa shape index (κ2) is 38.0. The number of aliphatic hydroxyl groups is 1. The van der Waals surface area contributed by atoms with Gasteiger partial charge in [-0.05, 0) is 105 Å². The van der Waals surface area contributed by atoms with Crippen LogP contribution < -0.4 is 76.5 Å². The highest BCUT2D eigenvalue weighted by Crippen LogP contribution is 2.16. The summed E-state index contributed by atoms with van der Waals surface area (Å²) in [6.07, 6.45) is 2.09. The van der Waals surface area contributed by atoms with Crippen LogP contribution in [0.1, 0.15) is 117 Å². The lowest BCUT2D eigenvalue weighted by atomic mass is 9.95. The number of primary amides is 1. The average Bonchev–Trinajstić information content (AvgIpc) is 3.49. The number of aliphatic hydroxyl groups excluding tert-OH is 1. The average molecular weight is 1180 g/mol. The van der Waals surface area contributed by atoms with Crippen LogP contribution >= 0.6 is 0 Å². The minimum absolute atomic E-state index is 0.00464. The van der Waals surface area contributed by atoms with Gasteiger partial charge in [0.25, 0.3) is 0 Å². The number of benzene rings is 2. The molecule has 0 spiro atoms. The van der Waals surface area contributed by atoms with Gasteiger partial charge in [0, 0.05) is 26.3 Å². The van der Waals surface area contributed by atoms with Gasteiger partial charge in [-0.2, -0.15) is 0 Å². The van der Waals surface area contributed by atoms with Crippen molar-refractivity contribution in [1.29, 1.82) is 0 Å². The third-order valence-corrected chi connectivity index (χ3v) is 13.9.